The molecule has 178 valence electrons. The third-order valence-electron chi connectivity index (χ3n) is 5.68. The van der Waals surface area contributed by atoms with Gasteiger partial charge in [0, 0.05) is 17.3 Å². The number of imidazole rings is 1. The number of nitrogens with one attached hydrogen (secondary N) is 1. The summed E-state index contributed by atoms with van der Waals surface area (Å²) in [5, 5.41) is 10.0. The van der Waals surface area contributed by atoms with Gasteiger partial charge in [0.05, 0.1) is 11.1 Å². The number of hydrogen-bond acceptors (Lipinski definition) is 5. The minimum atomic E-state index is -0.943. The number of carboxylic acid groups (broad SMARTS) is 1. The lowest BCUT2D eigenvalue weighted by Crippen LogP contribution is -2.61. The van der Waals surface area contributed by atoms with Crippen molar-refractivity contribution in [2.24, 2.45) is 5.92 Å². The van der Waals surface area contributed by atoms with Crippen molar-refractivity contribution in [3.8, 4) is 16.9 Å². The number of amides is 1. The third-order valence-corrected chi connectivity index (χ3v) is 5.68. The first-order chi connectivity index (χ1) is 15.3. The van der Waals surface area contributed by atoms with Crippen LogP contribution in [0.1, 0.15) is 53.5 Å². The number of fused-ring (bicyclic) bond motifs is 1. The van der Waals surface area contributed by atoms with Crippen LogP contribution < -0.4 is 10.5 Å². The van der Waals surface area contributed by atoms with Crippen LogP contribution in [0, 0.1) is 12.8 Å². The molecule has 8 nitrogen and oxygen atoms in total. The van der Waals surface area contributed by atoms with Crippen LogP contribution in [0.2, 0.25) is 0 Å². The summed E-state index contributed by atoms with van der Waals surface area (Å²) < 4.78 is 6.25. The molecule has 1 atom stereocenters. The number of aromatic amines is 1. The summed E-state index contributed by atoms with van der Waals surface area (Å²) in [6, 6.07) is 7.87. The molecule has 0 bridgehead atoms. The first-order valence-corrected chi connectivity index (χ1v) is 11.2. The zero-order chi connectivity index (χ0) is 24.6. The van der Waals surface area contributed by atoms with Gasteiger partial charge in [-0.1, -0.05) is 19.9 Å². The van der Waals surface area contributed by atoms with Crippen molar-refractivity contribution in [1.29, 1.82) is 0 Å². The number of nitrogens with two attached hydrogens (primary N) is 1. The monoisotopic (exact) mass is 453 g/mol. The second-order valence-corrected chi connectivity index (χ2v) is 10.3. The van der Waals surface area contributed by atoms with Gasteiger partial charge in [-0.2, -0.15) is 4.98 Å². The third kappa shape index (κ3) is 5.21. The molecule has 33 heavy (non-hydrogen) atoms. The molecule has 0 aliphatic rings. The fourth-order valence-corrected chi connectivity index (χ4v) is 4.80. The quantitative estimate of drug-likeness (QED) is 0.436. The Kier molecular flexibility index (Phi) is 6.58. The number of aromatic nitrogens is 3. The molecular formula is C25H35N5O3. The molecule has 1 unspecified atom stereocenters. The fraction of sp³-hybridized carbons (Fsp3) is 0.480. The summed E-state index contributed by atoms with van der Waals surface area (Å²) in [4.78, 5) is 25.3. The molecule has 2 heterocycles. The molecule has 3 aromatic rings. The second-order valence-electron chi connectivity index (χ2n) is 10.3. The topological polar surface area (TPSA) is 117 Å². The van der Waals surface area contributed by atoms with Crippen molar-refractivity contribution in [1.82, 2.24) is 19.9 Å². The summed E-state index contributed by atoms with van der Waals surface area (Å²) >= 11 is 0. The number of ether oxygens (including phenoxy) is 1. The molecule has 3 rings (SSSR count). The van der Waals surface area contributed by atoms with Crippen molar-refractivity contribution < 1.29 is 14.6 Å². The second kappa shape index (κ2) is 8.92. The summed E-state index contributed by atoms with van der Waals surface area (Å²) in [7, 11) is 0. The zero-order valence-electron chi connectivity index (χ0n) is 20.6. The number of aryl methyl sites for hydroxylation is 1. The van der Waals surface area contributed by atoms with E-state index < -0.39 is 17.2 Å². The molecule has 0 fully saturated rings. The van der Waals surface area contributed by atoms with Crippen LogP contribution in [0.5, 0.6) is 5.75 Å². The lowest BCUT2D eigenvalue weighted by atomic mass is 9.86. The van der Waals surface area contributed by atoms with Gasteiger partial charge in [-0.3, -0.25) is 4.90 Å². The number of hydrogen-bond donors (Lipinski definition) is 3. The van der Waals surface area contributed by atoms with Gasteiger partial charge in [0.25, 0.3) is 0 Å². The lowest BCUT2D eigenvalue weighted by molar-refractivity contribution is -0.0109. The standard InChI is InChI=1S/C25H35N5O3/c1-15(2)13-25(7,30(23(31)32)24(4,5)6)14-33-19-9-8-17(12-16(19)3)18-10-11-27-21-20(18)28-22(26)29-21/h8-12,15H,13-14H2,1-7H3,(H,31,32)(H3,26,27,28,29). The van der Waals surface area contributed by atoms with E-state index in [-0.39, 0.29) is 6.61 Å². The van der Waals surface area contributed by atoms with E-state index in [0.717, 1.165) is 28.0 Å². The van der Waals surface area contributed by atoms with E-state index in [1.54, 1.807) is 6.20 Å². The van der Waals surface area contributed by atoms with Crippen molar-refractivity contribution in [3.05, 3.63) is 36.0 Å². The van der Waals surface area contributed by atoms with Crippen molar-refractivity contribution >= 4 is 23.2 Å². The fourth-order valence-electron chi connectivity index (χ4n) is 4.80. The lowest BCUT2D eigenvalue weighted by Gasteiger charge is -2.47. The molecule has 0 radical (unpaired) electrons. The van der Waals surface area contributed by atoms with Crippen LogP contribution in [0.4, 0.5) is 10.7 Å². The van der Waals surface area contributed by atoms with E-state index in [2.05, 4.69) is 28.8 Å². The molecule has 0 spiro atoms. The molecule has 8 heteroatoms. The Balaban J connectivity index is 1.90. The molecule has 0 aliphatic carbocycles. The minimum Gasteiger partial charge on any atom is -0.491 e. The van der Waals surface area contributed by atoms with Crippen LogP contribution in [0.3, 0.4) is 0 Å². The Morgan fingerprint density at radius 2 is 1.94 bits per heavy atom. The van der Waals surface area contributed by atoms with Crippen LogP contribution in [0.25, 0.3) is 22.3 Å². The minimum absolute atomic E-state index is 0.255. The first kappa shape index (κ1) is 24.4. The normalized spacial score (nSPS) is 13.8. The number of nitrogens with zero attached hydrogens (tertiary/aromatic N) is 3. The number of H-pyrrole nitrogens is 1. The van der Waals surface area contributed by atoms with E-state index in [1.807, 2.05) is 58.9 Å². The summed E-state index contributed by atoms with van der Waals surface area (Å²) in [5.74, 6) is 1.36. The van der Waals surface area contributed by atoms with Gasteiger partial charge in [-0.25, -0.2) is 9.78 Å². The van der Waals surface area contributed by atoms with Crippen molar-refractivity contribution in [3.63, 3.8) is 0 Å². The number of pyridine rings is 1. The van der Waals surface area contributed by atoms with Crippen LogP contribution in [-0.4, -0.2) is 48.7 Å². The van der Waals surface area contributed by atoms with Crippen molar-refractivity contribution in [2.75, 3.05) is 12.3 Å². The maximum atomic E-state index is 12.2. The number of benzene rings is 1. The smallest absolute Gasteiger partial charge is 0.408 e. The molecular weight excluding hydrogens is 418 g/mol. The number of nitrogen functional groups attached to an aromatic ring is 1. The van der Waals surface area contributed by atoms with Crippen molar-refractivity contribution in [2.45, 2.75) is 66.0 Å². The van der Waals surface area contributed by atoms with E-state index >= 15 is 0 Å². The molecule has 0 saturated carbocycles. The van der Waals surface area contributed by atoms with Crippen LogP contribution in [-0.2, 0) is 0 Å². The molecule has 1 aromatic carbocycles. The van der Waals surface area contributed by atoms with E-state index in [9.17, 15) is 9.90 Å². The predicted molar refractivity (Wildman–Crippen MR) is 131 cm³/mol. The Labute approximate surface area is 195 Å². The molecule has 1 amide bonds. The summed E-state index contributed by atoms with van der Waals surface area (Å²) in [6.45, 7) is 14.1. The highest BCUT2D eigenvalue weighted by molar-refractivity contribution is 5.90. The molecule has 0 saturated heterocycles. The van der Waals surface area contributed by atoms with Gasteiger partial charge in [0.1, 0.15) is 12.4 Å². The SMILES string of the molecule is Cc1cc(-c2ccnc3nc(N)[nH]c23)ccc1OCC(C)(CC(C)C)N(C(=O)O)C(C)(C)C. The number of rotatable bonds is 7. The van der Waals surface area contributed by atoms with E-state index in [1.165, 1.54) is 4.90 Å². The number of anilines is 1. The predicted octanol–water partition coefficient (Wildman–Crippen LogP) is 5.48. The summed E-state index contributed by atoms with van der Waals surface area (Å²) in [5.41, 5.74) is 8.82. The van der Waals surface area contributed by atoms with Gasteiger partial charge in [-0.15, -0.1) is 0 Å². The Morgan fingerprint density at radius 1 is 1.24 bits per heavy atom. The summed E-state index contributed by atoms with van der Waals surface area (Å²) in [6.07, 6.45) is 1.45. The zero-order valence-corrected chi connectivity index (χ0v) is 20.6. The highest BCUT2D eigenvalue weighted by atomic mass is 16.5. The van der Waals surface area contributed by atoms with E-state index in [0.29, 0.717) is 23.9 Å². The van der Waals surface area contributed by atoms with Gasteiger partial charge < -0.3 is 20.6 Å². The average Bonchev–Trinajstić information content (AvgIpc) is 3.04. The largest absolute Gasteiger partial charge is 0.491 e. The van der Waals surface area contributed by atoms with Crippen LogP contribution in [0.15, 0.2) is 30.5 Å². The van der Waals surface area contributed by atoms with Gasteiger partial charge >= 0.3 is 6.09 Å². The van der Waals surface area contributed by atoms with Crippen LogP contribution >= 0.6 is 0 Å². The average molecular weight is 454 g/mol. The van der Waals surface area contributed by atoms with Gasteiger partial charge in [0.2, 0.25) is 0 Å². The first-order valence-electron chi connectivity index (χ1n) is 11.2. The Bertz CT molecular complexity index is 1150. The highest BCUT2D eigenvalue weighted by Crippen LogP contribution is 2.34. The maximum absolute atomic E-state index is 12.2. The molecule has 4 N–H and O–H groups in total. The molecule has 0 aliphatic heterocycles. The maximum Gasteiger partial charge on any atom is 0.408 e. The molecule has 2 aromatic heterocycles. The highest BCUT2D eigenvalue weighted by Gasteiger charge is 2.43. The Morgan fingerprint density at radius 3 is 2.52 bits per heavy atom. The van der Waals surface area contributed by atoms with Gasteiger partial charge in [-0.05, 0) is 76.3 Å². The Hall–Kier alpha value is -3.29. The van der Waals surface area contributed by atoms with Gasteiger partial charge in [0.15, 0.2) is 11.6 Å². The number of carbonyl (C=O) groups is 1. The van der Waals surface area contributed by atoms with E-state index in [4.69, 9.17) is 10.5 Å².